The number of hydrogen-bond donors (Lipinski definition) is 2. The zero-order chi connectivity index (χ0) is 23.3. The van der Waals surface area contributed by atoms with Crippen LogP contribution < -0.4 is 10.6 Å². The largest absolute Gasteiger partial charge is 0.340 e. The van der Waals surface area contributed by atoms with Crippen LogP contribution in [0, 0.1) is 5.92 Å². The van der Waals surface area contributed by atoms with Gasteiger partial charge in [-0.15, -0.1) is 0 Å². The summed E-state index contributed by atoms with van der Waals surface area (Å²) in [5.41, 5.74) is 1.82. The highest BCUT2D eigenvalue weighted by atomic mass is 35.5. The number of hydrogen-bond acceptors (Lipinski definition) is 3. The molecule has 0 spiro atoms. The van der Waals surface area contributed by atoms with Crippen molar-refractivity contribution in [1.82, 2.24) is 10.2 Å². The maximum Gasteiger partial charge on any atom is 0.253 e. The van der Waals surface area contributed by atoms with Crippen molar-refractivity contribution in [3.05, 3.63) is 63.6 Å². The Hall–Kier alpha value is -2.57. The van der Waals surface area contributed by atoms with Crippen LogP contribution >= 0.6 is 23.2 Å². The predicted molar refractivity (Wildman–Crippen MR) is 127 cm³/mol. The molecule has 1 aliphatic heterocycles. The summed E-state index contributed by atoms with van der Waals surface area (Å²) < 4.78 is 0. The minimum atomic E-state index is -0.738. The van der Waals surface area contributed by atoms with E-state index in [9.17, 15) is 14.4 Å². The molecular weight excluding hydrogens is 449 g/mol. The molecule has 0 bridgehead atoms. The topological polar surface area (TPSA) is 78.5 Å². The Morgan fingerprint density at radius 3 is 2.56 bits per heavy atom. The molecule has 3 amide bonds. The second kappa shape index (κ2) is 10.8. The molecule has 1 fully saturated rings. The molecule has 1 aliphatic rings. The van der Waals surface area contributed by atoms with E-state index in [1.54, 1.807) is 12.1 Å². The molecule has 8 heteroatoms. The molecule has 0 radical (unpaired) electrons. The summed E-state index contributed by atoms with van der Waals surface area (Å²) >= 11 is 12.1. The number of halogens is 2. The number of likely N-dealkylation sites (tertiary alicyclic amines) is 1. The fraction of sp³-hybridized carbons (Fsp3) is 0.375. The smallest absolute Gasteiger partial charge is 0.253 e. The average Bonchev–Trinajstić information content (AvgIpc) is 3.11. The molecule has 1 atom stereocenters. The van der Waals surface area contributed by atoms with Crippen LogP contribution in [0.3, 0.4) is 0 Å². The van der Waals surface area contributed by atoms with Crippen LogP contribution in [-0.4, -0.2) is 35.2 Å². The first-order valence-corrected chi connectivity index (χ1v) is 11.4. The Kier molecular flexibility index (Phi) is 8.15. The molecule has 1 heterocycles. The van der Waals surface area contributed by atoms with Gasteiger partial charge in [-0.25, -0.2) is 0 Å². The van der Waals surface area contributed by atoms with Crippen molar-refractivity contribution in [3.63, 3.8) is 0 Å². The third-order valence-electron chi connectivity index (χ3n) is 5.24. The van der Waals surface area contributed by atoms with Crippen molar-refractivity contribution in [2.45, 2.75) is 45.7 Å². The second-order valence-corrected chi connectivity index (χ2v) is 9.23. The van der Waals surface area contributed by atoms with Gasteiger partial charge in [-0.3, -0.25) is 14.4 Å². The van der Waals surface area contributed by atoms with Gasteiger partial charge in [0.05, 0.1) is 10.6 Å². The van der Waals surface area contributed by atoms with Crippen LogP contribution in [0.1, 0.15) is 49.0 Å². The second-order valence-electron chi connectivity index (χ2n) is 8.39. The van der Waals surface area contributed by atoms with Gasteiger partial charge in [0.25, 0.3) is 5.91 Å². The van der Waals surface area contributed by atoms with Gasteiger partial charge in [0.15, 0.2) is 0 Å². The summed E-state index contributed by atoms with van der Waals surface area (Å²) in [7, 11) is 0. The Morgan fingerprint density at radius 2 is 1.91 bits per heavy atom. The summed E-state index contributed by atoms with van der Waals surface area (Å²) in [6, 6.07) is 11.3. The average molecular weight is 476 g/mol. The van der Waals surface area contributed by atoms with E-state index in [4.69, 9.17) is 23.2 Å². The third kappa shape index (κ3) is 6.47. The number of anilines is 1. The molecule has 0 saturated carbocycles. The third-order valence-corrected chi connectivity index (χ3v) is 5.79. The van der Waals surface area contributed by atoms with E-state index in [1.165, 1.54) is 12.1 Å². The van der Waals surface area contributed by atoms with Crippen LogP contribution in [0.5, 0.6) is 0 Å². The summed E-state index contributed by atoms with van der Waals surface area (Å²) in [5, 5.41) is 6.34. The molecule has 32 heavy (non-hydrogen) atoms. The lowest BCUT2D eigenvalue weighted by atomic mass is 10.0. The summed E-state index contributed by atoms with van der Waals surface area (Å²) in [6.07, 6.45) is 1.93. The number of rotatable bonds is 8. The van der Waals surface area contributed by atoms with E-state index in [-0.39, 0.29) is 28.3 Å². The Morgan fingerprint density at radius 1 is 1.12 bits per heavy atom. The van der Waals surface area contributed by atoms with E-state index >= 15 is 0 Å². The number of amides is 3. The fourth-order valence-corrected chi connectivity index (χ4v) is 4.18. The van der Waals surface area contributed by atoms with Crippen LogP contribution in [-0.2, 0) is 16.1 Å². The monoisotopic (exact) mass is 475 g/mol. The van der Waals surface area contributed by atoms with Crippen molar-refractivity contribution in [2.75, 3.05) is 11.9 Å². The molecule has 1 saturated heterocycles. The van der Waals surface area contributed by atoms with Gasteiger partial charge in [0, 0.05) is 30.2 Å². The van der Waals surface area contributed by atoms with Gasteiger partial charge in [0.1, 0.15) is 6.04 Å². The van der Waals surface area contributed by atoms with E-state index in [1.807, 2.05) is 36.9 Å². The highest BCUT2D eigenvalue weighted by molar-refractivity contribution is 6.36. The molecule has 0 aromatic heterocycles. The van der Waals surface area contributed by atoms with Gasteiger partial charge in [-0.2, -0.15) is 0 Å². The summed E-state index contributed by atoms with van der Waals surface area (Å²) in [5.74, 6) is -0.417. The number of carbonyl (C=O) groups excluding carboxylic acids is 3. The van der Waals surface area contributed by atoms with E-state index < -0.39 is 11.9 Å². The first-order chi connectivity index (χ1) is 15.2. The maximum absolute atomic E-state index is 13.0. The maximum atomic E-state index is 13.0. The molecule has 2 N–H and O–H groups in total. The summed E-state index contributed by atoms with van der Waals surface area (Å²) in [6.45, 7) is 5.24. The lowest BCUT2D eigenvalue weighted by molar-refractivity contribution is -0.128. The molecule has 6 nitrogen and oxygen atoms in total. The molecule has 2 aromatic carbocycles. The molecule has 0 aliphatic carbocycles. The fourth-order valence-electron chi connectivity index (χ4n) is 3.68. The zero-order valence-electron chi connectivity index (χ0n) is 18.2. The van der Waals surface area contributed by atoms with E-state index in [0.717, 1.165) is 18.5 Å². The van der Waals surface area contributed by atoms with Gasteiger partial charge >= 0.3 is 0 Å². The zero-order valence-corrected chi connectivity index (χ0v) is 19.7. The predicted octanol–water partition coefficient (Wildman–Crippen LogP) is 4.90. The number of benzene rings is 2. The minimum Gasteiger partial charge on any atom is -0.340 e. The lowest BCUT2D eigenvalue weighted by Crippen LogP contribution is -2.44. The Bertz CT molecular complexity index is 1010. The minimum absolute atomic E-state index is 0.153. The van der Waals surface area contributed by atoms with Gasteiger partial charge in [-0.1, -0.05) is 49.2 Å². The lowest BCUT2D eigenvalue weighted by Gasteiger charge is -2.21. The van der Waals surface area contributed by atoms with Crippen LogP contribution in [0.4, 0.5) is 5.69 Å². The summed E-state index contributed by atoms with van der Waals surface area (Å²) in [4.78, 5) is 39.5. The normalized spacial score (nSPS) is 14.5. The molecule has 2 aromatic rings. The highest BCUT2D eigenvalue weighted by Gasteiger charge is 2.24. The SMILES string of the molecule is CC(C)CC(NC(=O)c1ccc(Cl)cc1Cl)C(=O)Nc1cccc(CN2CCCC2=O)c1. The van der Waals surface area contributed by atoms with Gasteiger partial charge < -0.3 is 15.5 Å². The quantitative estimate of drug-likeness (QED) is 0.569. The first kappa shape index (κ1) is 24.1. The van der Waals surface area contributed by atoms with Gasteiger partial charge in [-0.05, 0) is 54.7 Å². The Balaban J connectivity index is 1.70. The van der Waals surface area contributed by atoms with Crippen LogP contribution in [0.15, 0.2) is 42.5 Å². The van der Waals surface area contributed by atoms with Gasteiger partial charge in [0.2, 0.25) is 11.8 Å². The molecular formula is C24H27Cl2N3O3. The highest BCUT2D eigenvalue weighted by Crippen LogP contribution is 2.22. The number of carbonyl (C=O) groups is 3. The van der Waals surface area contributed by atoms with Crippen molar-refractivity contribution in [1.29, 1.82) is 0 Å². The van der Waals surface area contributed by atoms with Crippen LogP contribution in [0.2, 0.25) is 10.0 Å². The Labute approximate surface area is 198 Å². The van der Waals surface area contributed by atoms with Crippen molar-refractivity contribution < 1.29 is 14.4 Å². The van der Waals surface area contributed by atoms with E-state index in [0.29, 0.717) is 30.1 Å². The van der Waals surface area contributed by atoms with Crippen LogP contribution in [0.25, 0.3) is 0 Å². The molecule has 1 unspecified atom stereocenters. The molecule has 3 rings (SSSR count). The van der Waals surface area contributed by atoms with Crippen molar-refractivity contribution in [3.8, 4) is 0 Å². The first-order valence-electron chi connectivity index (χ1n) is 10.7. The standard InChI is InChI=1S/C24H27Cl2N3O3/c1-15(2)11-21(28-23(31)19-9-8-17(25)13-20(19)26)24(32)27-18-6-3-5-16(12-18)14-29-10-4-7-22(29)30/h3,5-6,8-9,12-13,15,21H,4,7,10-11,14H2,1-2H3,(H,27,32)(H,28,31). The van der Waals surface area contributed by atoms with E-state index in [2.05, 4.69) is 10.6 Å². The number of nitrogens with zero attached hydrogens (tertiary/aromatic N) is 1. The number of nitrogens with one attached hydrogen (secondary N) is 2. The molecule has 170 valence electrons. The van der Waals surface area contributed by atoms with Crippen molar-refractivity contribution >= 4 is 46.6 Å². The van der Waals surface area contributed by atoms with Crippen molar-refractivity contribution in [2.24, 2.45) is 5.92 Å².